The molecule has 0 saturated carbocycles. The smallest absolute Gasteiger partial charge is 0.239 e. The lowest BCUT2D eigenvalue weighted by Gasteiger charge is -2.29. The number of anilines is 1. The molecule has 1 heterocycles. The van der Waals surface area contributed by atoms with Crippen molar-refractivity contribution < 1.29 is 4.79 Å². The predicted molar refractivity (Wildman–Crippen MR) is 56.7 cm³/mol. The Hall–Kier alpha value is -1.22. The van der Waals surface area contributed by atoms with Crippen molar-refractivity contribution in [1.29, 1.82) is 0 Å². The molecule has 0 spiro atoms. The van der Waals surface area contributed by atoms with Gasteiger partial charge in [-0.25, -0.2) is 0 Å². The standard InChI is InChI=1S/C10H11ClN2O/c11-8-3-1-2-4-9(8)13-6-5-12-10(14)7-13/h1-4H,5-7H2,(H,12,14). The molecule has 3 nitrogen and oxygen atoms in total. The van der Waals surface area contributed by atoms with E-state index in [-0.39, 0.29) is 5.91 Å². The van der Waals surface area contributed by atoms with Crippen molar-refractivity contribution in [3.05, 3.63) is 29.3 Å². The van der Waals surface area contributed by atoms with Crippen LogP contribution in [0.2, 0.25) is 5.02 Å². The molecule has 1 aliphatic heterocycles. The molecule has 1 fully saturated rings. The summed E-state index contributed by atoms with van der Waals surface area (Å²) in [6, 6.07) is 7.58. The van der Waals surface area contributed by atoms with Gasteiger partial charge >= 0.3 is 0 Å². The molecule has 14 heavy (non-hydrogen) atoms. The second-order valence-corrected chi connectivity index (χ2v) is 3.63. The largest absolute Gasteiger partial charge is 0.359 e. The highest BCUT2D eigenvalue weighted by Gasteiger charge is 2.17. The maximum absolute atomic E-state index is 11.2. The van der Waals surface area contributed by atoms with Crippen LogP contribution in [0.4, 0.5) is 5.69 Å². The highest BCUT2D eigenvalue weighted by Crippen LogP contribution is 2.25. The Morgan fingerprint density at radius 1 is 1.36 bits per heavy atom. The number of hydrogen-bond donors (Lipinski definition) is 1. The summed E-state index contributed by atoms with van der Waals surface area (Å²) in [6.07, 6.45) is 0. The van der Waals surface area contributed by atoms with E-state index in [1.165, 1.54) is 0 Å². The lowest BCUT2D eigenvalue weighted by Crippen LogP contribution is -2.47. The van der Waals surface area contributed by atoms with Crippen LogP contribution < -0.4 is 10.2 Å². The molecule has 2 rings (SSSR count). The molecule has 0 bridgehead atoms. The highest BCUT2D eigenvalue weighted by atomic mass is 35.5. The Morgan fingerprint density at radius 3 is 2.86 bits per heavy atom. The quantitative estimate of drug-likeness (QED) is 0.758. The SMILES string of the molecule is O=C1CN(c2ccccc2Cl)CCN1. The lowest BCUT2D eigenvalue weighted by atomic mass is 10.2. The molecule has 1 amide bonds. The number of para-hydroxylation sites is 1. The Kier molecular flexibility index (Phi) is 2.59. The minimum Gasteiger partial charge on any atom is -0.359 e. The summed E-state index contributed by atoms with van der Waals surface area (Å²) in [7, 11) is 0. The molecule has 0 aromatic heterocycles. The van der Waals surface area contributed by atoms with E-state index in [0.29, 0.717) is 18.1 Å². The van der Waals surface area contributed by atoms with Crippen molar-refractivity contribution in [2.75, 3.05) is 24.5 Å². The van der Waals surface area contributed by atoms with Crippen LogP contribution >= 0.6 is 11.6 Å². The van der Waals surface area contributed by atoms with Crippen molar-refractivity contribution in [3.63, 3.8) is 0 Å². The van der Waals surface area contributed by atoms with E-state index >= 15 is 0 Å². The molecular weight excluding hydrogens is 200 g/mol. The molecule has 1 saturated heterocycles. The number of carbonyl (C=O) groups excluding carboxylic acids is 1. The number of rotatable bonds is 1. The van der Waals surface area contributed by atoms with Gasteiger partial charge in [-0.15, -0.1) is 0 Å². The number of halogens is 1. The van der Waals surface area contributed by atoms with Crippen molar-refractivity contribution in [3.8, 4) is 0 Å². The zero-order valence-electron chi connectivity index (χ0n) is 7.66. The van der Waals surface area contributed by atoms with E-state index in [0.717, 1.165) is 12.2 Å². The Labute approximate surface area is 87.7 Å². The topological polar surface area (TPSA) is 32.3 Å². The fourth-order valence-electron chi connectivity index (χ4n) is 1.55. The molecular formula is C10H11ClN2O. The average Bonchev–Trinajstić information content (AvgIpc) is 2.18. The van der Waals surface area contributed by atoms with Gasteiger partial charge in [0.1, 0.15) is 0 Å². The van der Waals surface area contributed by atoms with Crippen LogP contribution in [0.3, 0.4) is 0 Å². The monoisotopic (exact) mass is 210 g/mol. The van der Waals surface area contributed by atoms with E-state index in [9.17, 15) is 4.79 Å². The lowest BCUT2D eigenvalue weighted by molar-refractivity contribution is -0.120. The molecule has 1 N–H and O–H groups in total. The first-order valence-electron chi connectivity index (χ1n) is 4.53. The summed E-state index contributed by atoms with van der Waals surface area (Å²) in [6.45, 7) is 1.89. The van der Waals surface area contributed by atoms with Crippen LogP contribution in [-0.4, -0.2) is 25.5 Å². The van der Waals surface area contributed by atoms with Crippen LogP contribution in [-0.2, 0) is 4.79 Å². The maximum atomic E-state index is 11.2. The minimum absolute atomic E-state index is 0.0520. The van der Waals surface area contributed by atoms with E-state index in [4.69, 9.17) is 11.6 Å². The normalized spacial score (nSPS) is 16.6. The molecule has 0 aliphatic carbocycles. The molecule has 0 atom stereocenters. The highest BCUT2D eigenvalue weighted by molar-refractivity contribution is 6.33. The summed E-state index contributed by atoms with van der Waals surface area (Å²) >= 11 is 6.03. The van der Waals surface area contributed by atoms with E-state index in [2.05, 4.69) is 5.32 Å². The van der Waals surface area contributed by atoms with Gasteiger partial charge in [0, 0.05) is 13.1 Å². The zero-order chi connectivity index (χ0) is 9.97. The van der Waals surface area contributed by atoms with Gasteiger partial charge < -0.3 is 10.2 Å². The number of benzene rings is 1. The van der Waals surface area contributed by atoms with E-state index in [1.807, 2.05) is 29.2 Å². The molecule has 1 aromatic carbocycles. The van der Waals surface area contributed by atoms with Crippen LogP contribution in [0.15, 0.2) is 24.3 Å². The fraction of sp³-hybridized carbons (Fsp3) is 0.300. The van der Waals surface area contributed by atoms with Gasteiger partial charge in [-0.3, -0.25) is 4.79 Å². The first kappa shape index (κ1) is 9.34. The zero-order valence-corrected chi connectivity index (χ0v) is 8.42. The number of nitrogens with zero attached hydrogens (tertiary/aromatic N) is 1. The van der Waals surface area contributed by atoms with Crippen LogP contribution in [0.25, 0.3) is 0 Å². The fourth-order valence-corrected chi connectivity index (χ4v) is 1.81. The van der Waals surface area contributed by atoms with Crippen molar-refractivity contribution in [2.24, 2.45) is 0 Å². The first-order chi connectivity index (χ1) is 6.77. The van der Waals surface area contributed by atoms with Crippen LogP contribution in [0.1, 0.15) is 0 Å². The van der Waals surface area contributed by atoms with Gasteiger partial charge in [-0.2, -0.15) is 0 Å². The first-order valence-corrected chi connectivity index (χ1v) is 4.91. The number of piperazine rings is 1. The molecule has 1 aromatic rings. The number of hydrogen-bond acceptors (Lipinski definition) is 2. The number of nitrogens with one attached hydrogen (secondary N) is 1. The third-order valence-corrected chi connectivity index (χ3v) is 2.55. The number of amides is 1. The third kappa shape index (κ3) is 1.82. The van der Waals surface area contributed by atoms with Gasteiger partial charge in [0.05, 0.1) is 17.3 Å². The Morgan fingerprint density at radius 2 is 2.14 bits per heavy atom. The van der Waals surface area contributed by atoms with Gasteiger partial charge in [-0.1, -0.05) is 23.7 Å². The summed E-state index contributed by atoms with van der Waals surface area (Å²) in [5, 5.41) is 3.47. The Balaban J connectivity index is 2.22. The molecule has 0 unspecified atom stereocenters. The third-order valence-electron chi connectivity index (χ3n) is 2.23. The van der Waals surface area contributed by atoms with Crippen molar-refractivity contribution >= 4 is 23.2 Å². The van der Waals surface area contributed by atoms with Gasteiger partial charge in [-0.05, 0) is 12.1 Å². The maximum Gasteiger partial charge on any atom is 0.239 e. The van der Waals surface area contributed by atoms with Gasteiger partial charge in [0.2, 0.25) is 5.91 Å². The van der Waals surface area contributed by atoms with Crippen LogP contribution in [0.5, 0.6) is 0 Å². The molecule has 4 heteroatoms. The predicted octanol–water partition coefficient (Wildman–Crippen LogP) is 1.28. The van der Waals surface area contributed by atoms with Crippen molar-refractivity contribution in [2.45, 2.75) is 0 Å². The second-order valence-electron chi connectivity index (χ2n) is 3.22. The van der Waals surface area contributed by atoms with E-state index < -0.39 is 0 Å². The van der Waals surface area contributed by atoms with Gasteiger partial charge in [0.15, 0.2) is 0 Å². The average molecular weight is 211 g/mol. The number of carbonyl (C=O) groups is 1. The Bertz CT molecular complexity index is 354. The van der Waals surface area contributed by atoms with E-state index in [1.54, 1.807) is 0 Å². The molecule has 1 aliphatic rings. The van der Waals surface area contributed by atoms with Crippen molar-refractivity contribution in [1.82, 2.24) is 5.32 Å². The summed E-state index contributed by atoms with van der Waals surface area (Å²) < 4.78 is 0. The summed E-state index contributed by atoms with van der Waals surface area (Å²) in [4.78, 5) is 13.1. The molecule has 0 radical (unpaired) electrons. The minimum atomic E-state index is 0.0520. The summed E-state index contributed by atoms with van der Waals surface area (Å²) in [5.74, 6) is 0.0520. The second kappa shape index (κ2) is 3.88. The summed E-state index contributed by atoms with van der Waals surface area (Å²) in [5.41, 5.74) is 0.934. The van der Waals surface area contributed by atoms with Gasteiger partial charge in [0.25, 0.3) is 0 Å². The van der Waals surface area contributed by atoms with Crippen LogP contribution in [0, 0.1) is 0 Å². The molecule has 74 valence electrons.